The molecule has 4 nitrogen and oxygen atoms in total. The maximum atomic E-state index is 12.8. The molecule has 1 saturated carbocycles. The summed E-state index contributed by atoms with van der Waals surface area (Å²) in [7, 11) is 0. The van der Waals surface area contributed by atoms with E-state index in [0.717, 1.165) is 11.1 Å². The molecule has 0 saturated heterocycles. The third kappa shape index (κ3) is 3.98. The molecule has 2 N–H and O–H groups in total. The number of amides is 2. The molecule has 2 amide bonds. The van der Waals surface area contributed by atoms with Gasteiger partial charge in [-0.05, 0) is 43.2 Å². The van der Waals surface area contributed by atoms with Gasteiger partial charge in [0.15, 0.2) is 0 Å². The second-order valence-electron chi connectivity index (χ2n) is 6.15. The van der Waals surface area contributed by atoms with Crippen LogP contribution in [0.1, 0.15) is 17.5 Å². The van der Waals surface area contributed by atoms with Crippen molar-refractivity contribution >= 4 is 17.5 Å². The minimum absolute atomic E-state index is 0.101. The predicted octanol–water partition coefficient (Wildman–Crippen LogP) is 3.03. The van der Waals surface area contributed by atoms with Gasteiger partial charge < -0.3 is 10.6 Å². The smallest absolute Gasteiger partial charge is 0.228 e. The molecule has 3 rings (SSSR count). The number of benzene rings is 2. The number of carbonyl (C=O) groups excluding carboxylic acids is 2. The molecule has 0 spiro atoms. The highest BCUT2D eigenvalue weighted by molar-refractivity contribution is 5.99. The van der Waals surface area contributed by atoms with Crippen molar-refractivity contribution in [1.29, 1.82) is 0 Å². The maximum Gasteiger partial charge on any atom is 0.228 e. The van der Waals surface area contributed by atoms with Crippen LogP contribution >= 0.6 is 0 Å². The Bertz CT molecular complexity index is 758. The lowest BCUT2D eigenvalue weighted by atomic mass is 10.1. The van der Waals surface area contributed by atoms with Gasteiger partial charge in [-0.15, -0.1) is 0 Å². The second-order valence-corrected chi connectivity index (χ2v) is 6.15. The number of anilines is 1. The summed E-state index contributed by atoms with van der Waals surface area (Å²) >= 11 is 0. The van der Waals surface area contributed by atoms with Crippen molar-refractivity contribution in [2.45, 2.75) is 19.9 Å². The van der Waals surface area contributed by atoms with Crippen LogP contribution in [-0.2, 0) is 16.1 Å². The van der Waals surface area contributed by atoms with Crippen molar-refractivity contribution < 1.29 is 14.0 Å². The molecule has 2 aromatic carbocycles. The topological polar surface area (TPSA) is 58.2 Å². The van der Waals surface area contributed by atoms with Crippen molar-refractivity contribution in [3.05, 3.63) is 65.5 Å². The van der Waals surface area contributed by atoms with E-state index in [2.05, 4.69) is 10.6 Å². The van der Waals surface area contributed by atoms with Gasteiger partial charge in [0.25, 0.3) is 0 Å². The highest BCUT2D eigenvalue weighted by atomic mass is 19.1. The molecule has 1 aliphatic rings. The number of halogens is 1. The lowest BCUT2D eigenvalue weighted by Crippen LogP contribution is -2.27. The van der Waals surface area contributed by atoms with Crippen molar-refractivity contribution in [2.75, 3.05) is 5.32 Å². The molecule has 5 heteroatoms. The summed E-state index contributed by atoms with van der Waals surface area (Å²) in [6.45, 7) is 2.46. The third-order valence-corrected chi connectivity index (χ3v) is 4.12. The molecular formula is C19H19FN2O2. The van der Waals surface area contributed by atoms with Gasteiger partial charge in [0.1, 0.15) is 5.82 Å². The lowest BCUT2D eigenvalue weighted by Gasteiger charge is -2.07. The zero-order chi connectivity index (χ0) is 17.1. The van der Waals surface area contributed by atoms with Crippen LogP contribution in [0.3, 0.4) is 0 Å². The van der Waals surface area contributed by atoms with Crippen molar-refractivity contribution in [2.24, 2.45) is 11.8 Å². The predicted molar refractivity (Wildman–Crippen MR) is 89.7 cm³/mol. The van der Waals surface area contributed by atoms with E-state index in [4.69, 9.17) is 0 Å². The first-order chi connectivity index (χ1) is 11.5. The van der Waals surface area contributed by atoms with Crippen LogP contribution < -0.4 is 10.6 Å². The largest absolute Gasteiger partial charge is 0.352 e. The zero-order valence-corrected chi connectivity index (χ0v) is 13.4. The minimum atomic E-state index is -0.354. The lowest BCUT2D eigenvalue weighted by molar-refractivity contribution is -0.125. The number of hydrogen-bond acceptors (Lipinski definition) is 2. The van der Waals surface area contributed by atoms with Gasteiger partial charge in [0, 0.05) is 12.2 Å². The molecule has 0 aliphatic heterocycles. The van der Waals surface area contributed by atoms with Gasteiger partial charge in [-0.2, -0.15) is 0 Å². The quantitative estimate of drug-likeness (QED) is 0.887. The Balaban J connectivity index is 1.48. The molecule has 124 valence electrons. The van der Waals surface area contributed by atoms with Crippen LogP contribution in [0.25, 0.3) is 0 Å². The monoisotopic (exact) mass is 326 g/mol. The van der Waals surface area contributed by atoms with Crippen LogP contribution in [0.5, 0.6) is 0 Å². The van der Waals surface area contributed by atoms with Crippen LogP contribution in [0.4, 0.5) is 10.1 Å². The van der Waals surface area contributed by atoms with Crippen molar-refractivity contribution in [3.63, 3.8) is 0 Å². The SMILES string of the molecule is Cc1cccc(CNC(=O)C2CC2C(=O)Nc2ccc(F)cc2)c1. The molecule has 1 fully saturated rings. The van der Waals surface area contributed by atoms with E-state index in [-0.39, 0.29) is 29.5 Å². The fourth-order valence-electron chi connectivity index (χ4n) is 2.69. The standard InChI is InChI=1S/C19H19FN2O2/c1-12-3-2-4-13(9-12)11-21-18(23)16-10-17(16)19(24)22-15-7-5-14(20)6-8-15/h2-9,16-17H,10-11H2,1H3,(H,21,23)(H,22,24). The maximum absolute atomic E-state index is 12.8. The second kappa shape index (κ2) is 6.83. The van der Waals surface area contributed by atoms with E-state index in [1.165, 1.54) is 24.3 Å². The molecule has 1 aliphatic carbocycles. The van der Waals surface area contributed by atoms with E-state index >= 15 is 0 Å². The summed E-state index contributed by atoms with van der Waals surface area (Å²) in [5, 5.41) is 5.59. The van der Waals surface area contributed by atoms with Gasteiger partial charge in [0.2, 0.25) is 11.8 Å². The summed E-state index contributed by atoms with van der Waals surface area (Å²) in [6, 6.07) is 13.5. The van der Waals surface area contributed by atoms with Crippen LogP contribution in [-0.4, -0.2) is 11.8 Å². The summed E-state index contributed by atoms with van der Waals surface area (Å²) < 4.78 is 12.8. The first-order valence-electron chi connectivity index (χ1n) is 7.92. The van der Waals surface area contributed by atoms with Crippen molar-refractivity contribution in [3.8, 4) is 0 Å². The Labute approximate surface area is 140 Å². The van der Waals surface area contributed by atoms with Gasteiger partial charge in [-0.1, -0.05) is 29.8 Å². The van der Waals surface area contributed by atoms with Crippen LogP contribution in [0, 0.1) is 24.6 Å². The molecule has 2 atom stereocenters. The molecule has 0 radical (unpaired) electrons. The average Bonchev–Trinajstić information content (AvgIpc) is 3.36. The highest BCUT2D eigenvalue weighted by Crippen LogP contribution is 2.39. The van der Waals surface area contributed by atoms with Crippen molar-refractivity contribution in [1.82, 2.24) is 5.32 Å². The Morgan fingerprint density at radius 1 is 1.08 bits per heavy atom. The first-order valence-corrected chi connectivity index (χ1v) is 7.92. The van der Waals surface area contributed by atoms with Gasteiger partial charge >= 0.3 is 0 Å². The Morgan fingerprint density at radius 3 is 2.50 bits per heavy atom. The minimum Gasteiger partial charge on any atom is -0.352 e. The van der Waals surface area contributed by atoms with Gasteiger partial charge in [-0.3, -0.25) is 9.59 Å². The zero-order valence-electron chi connectivity index (χ0n) is 13.4. The number of carbonyl (C=O) groups is 2. The first kappa shape index (κ1) is 16.2. The van der Waals surface area contributed by atoms with Gasteiger partial charge in [-0.25, -0.2) is 4.39 Å². The van der Waals surface area contributed by atoms with E-state index in [1.807, 2.05) is 31.2 Å². The fourth-order valence-corrected chi connectivity index (χ4v) is 2.69. The Kier molecular flexibility index (Phi) is 4.60. The highest BCUT2D eigenvalue weighted by Gasteiger charge is 2.47. The van der Waals surface area contributed by atoms with E-state index < -0.39 is 0 Å². The molecule has 0 bridgehead atoms. The molecule has 0 aromatic heterocycles. The molecular weight excluding hydrogens is 307 g/mol. The number of rotatable bonds is 5. The average molecular weight is 326 g/mol. The van der Waals surface area contributed by atoms with Crippen LogP contribution in [0.2, 0.25) is 0 Å². The third-order valence-electron chi connectivity index (χ3n) is 4.12. The normalized spacial score (nSPS) is 18.8. The summed E-state index contributed by atoms with van der Waals surface area (Å²) in [6.07, 6.45) is 0.548. The number of nitrogens with one attached hydrogen (secondary N) is 2. The Morgan fingerprint density at radius 2 is 1.79 bits per heavy atom. The van der Waals surface area contributed by atoms with E-state index in [9.17, 15) is 14.0 Å². The number of hydrogen-bond donors (Lipinski definition) is 2. The fraction of sp³-hybridized carbons (Fsp3) is 0.263. The molecule has 0 heterocycles. The summed E-state index contributed by atoms with van der Waals surface area (Å²) in [5.74, 6) is -1.25. The Hall–Kier alpha value is -2.69. The van der Waals surface area contributed by atoms with Crippen LogP contribution in [0.15, 0.2) is 48.5 Å². The molecule has 2 aromatic rings. The summed E-state index contributed by atoms with van der Waals surface area (Å²) in [5.41, 5.74) is 2.72. The molecule has 2 unspecified atom stereocenters. The summed E-state index contributed by atoms with van der Waals surface area (Å²) in [4.78, 5) is 24.2. The van der Waals surface area contributed by atoms with E-state index in [1.54, 1.807) is 0 Å². The van der Waals surface area contributed by atoms with E-state index in [0.29, 0.717) is 18.7 Å². The van der Waals surface area contributed by atoms with Gasteiger partial charge in [0.05, 0.1) is 11.8 Å². The molecule has 24 heavy (non-hydrogen) atoms. The number of aryl methyl sites for hydroxylation is 1.